The average Bonchev–Trinajstić information content (AvgIpc) is 2.02. The molecule has 5 heteroatoms. The van der Waals surface area contributed by atoms with E-state index in [1.54, 1.807) is 20.8 Å². The van der Waals surface area contributed by atoms with Crippen molar-refractivity contribution in [3.8, 4) is 0 Å². The molecule has 1 rings (SSSR count). The quantitative estimate of drug-likeness (QED) is 0.625. The Morgan fingerprint density at radius 3 is 2.64 bits per heavy atom. The molecular formula is C9H18N2O3. The van der Waals surface area contributed by atoms with E-state index in [4.69, 9.17) is 9.47 Å². The Morgan fingerprint density at radius 1 is 1.43 bits per heavy atom. The first-order valence-corrected chi connectivity index (χ1v) is 4.85. The summed E-state index contributed by atoms with van der Waals surface area (Å²) in [5, 5.41) is 0. The van der Waals surface area contributed by atoms with Crippen molar-refractivity contribution in [1.29, 1.82) is 0 Å². The Labute approximate surface area is 84.1 Å². The highest BCUT2D eigenvalue weighted by atomic mass is 16.7. The molecule has 0 amide bonds. The molecule has 14 heavy (non-hydrogen) atoms. The maximum absolute atomic E-state index is 11.2. The number of hydrazine groups is 1. The monoisotopic (exact) mass is 202 g/mol. The van der Waals surface area contributed by atoms with Gasteiger partial charge >= 0.3 is 6.16 Å². The van der Waals surface area contributed by atoms with Crippen LogP contribution in [0.25, 0.3) is 0 Å². The first kappa shape index (κ1) is 11.3. The molecular weight excluding hydrogens is 184 g/mol. The van der Waals surface area contributed by atoms with E-state index in [9.17, 15) is 4.79 Å². The summed E-state index contributed by atoms with van der Waals surface area (Å²) in [6.07, 6.45) is 0.893. The Morgan fingerprint density at radius 2 is 2.14 bits per heavy atom. The van der Waals surface area contributed by atoms with Gasteiger partial charge in [0.25, 0.3) is 0 Å². The lowest BCUT2D eigenvalue weighted by Crippen LogP contribution is -2.48. The molecule has 0 saturated carbocycles. The van der Waals surface area contributed by atoms with E-state index in [1.807, 2.05) is 0 Å². The lowest BCUT2D eigenvalue weighted by molar-refractivity contribution is -0.0435. The van der Waals surface area contributed by atoms with Gasteiger partial charge in [-0.05, 0) is 27.2 Å². The van der Waals surface area contributed by atoms with Crippen LogP contribution in [-0.2, 0) is 9.47 Å². The molecule has 1 atom stereocenters. The minimum atomic E-state index is -0.626. The number of hydrogen-bond donors (Lipinski definition) is 2. The van der Waals surface area contributed by atoms with Crippen LogP contribution in [0.15, 0.2) is 0 Å². The summed E-state index contributed by atoms with van der Waals surface area (Å²) >= 11 is 0. The van der Waals surface area contributed by atoms with Gasteiger partial charge < -0.3 is 9.47 Å². The molecule has 0 bridgehead atoms. The van der Waals surface area contributed by atoms with Crippen molar-refractivity contribution in [3.05, 3.63) is 0 Å². The Hall–Kier alpha value is -0.810. The number of rotatable bonds is 1. The molecule has 0 aromatic carbocycles. The van der Waals surface area contributed by atoms with Gasteiger partial charge in [-0.3, -0.25) is 5.43 Å². The minimum Gasteiger partial charge on any atom is -0.429 e. The predicted molar refractivity (Wildman–Crippen MR) is 51.5 cm³/mol. The van der Waals surface area contributed by atoms with Crippen molar-refractivity contribution in [3.63, 3.8) is 0 Å². The van der Waals surface area contributed by atoms with Crippen molar-refractivity contribution in [2.45, 2.75) is 45.4 Å². The van der Waals surface area contributed by atoms with Crippen LogP contribution in [0.5, 0.6) is 0 Å². The molecule has 1 unspecified atom stereocenters. The van der Waals surface area contributed by atoms with Crippen molar-refractivity contribution in [2.24, 2.45) is 0 Å². The summed E-state index contributed by atoms with van der Waals surface area (Å²) in [4.78, 5) is 11.2. The summed E-state index contributed by atoms with van der Waals surface area (Å²) in [6, 6.07) is 0. The zero-order valence-corrected chi connectivity index (χ0v) is 8.92. The summed E-state index contributed by atoms with van der Waals surface area (Å²) in [6.45, 7) is 6.32. The fraction of sp³-hybridized carbons (Fsp3) is 0.889. The highest BCUT2D eigenvalue weighted by Gasteiger charge is 2.22. The van der Waals surface area contributed by atoms with E-state index in [0.29, 0.717) is 0 Å². The van der Waals surface area contributed by atoms with Gasteiger partial charge in [-0.2, -0.15) is 0 Å². The number of hydrogen-bond acceptors (Lipinski definition) is 5. The third kappa shape index (κ3) is 4.43. The van der Waals surface area contributed by atoms with E-state index in [-0.39, 0.29) is 6.23 Å². The molecule has 0 spiro atoms. The topological polar surface area (TPSA) is 59.6 Å². The molecule has 0 radical (unpaired) electrons. The summed E-state index contributed by atoms with van der Waals surface area (Å²) in [5.74, 6) is 0. The van der Waals surface area contributed by atoms with E-state index in [1.165, 1.54) is 0 Å². The number of ether oxygens (including phenoxy) is 2. The first-order chi connectivity index (χ1) is 6.47. The van der Waals surface area contributed by atoms with Gasteiger partial charge in [0.2, 0.25) is 0 Å². The van der Waals surface area contributed by atoms with Crippen LogP contribution in [0.1, 0.15) is 33.6 Å². The normalized spacial score (nSPS) is 22.9. The zero-order chi connectivity index (χ0) is 10.6. The predicted octanol–water partition coefficient (Wildman–Crippen LogP) is 1.15. The third-order valence-corrected chi connectivity index (χ3v) is 1.66. The fourth-order valence-electron chi connectivity index (χ4n) is 1.11. The van der Waals surface area contributed by atoms with Crippen molar-refractivity contribution >= 4 is 6.16 Å². The minimum absolute atomic E-state index is 0.279. The number of carbonyl (C=O) groups excluding carboxylic acids is 1. The van der Waals surface area contributed by atoms with Crippen molar-refractivity contribution < 1.29 is 14.3 Å². The molecule has 1 aliphatic rings. The van der Waals surface area contributed by atoms with E-state index >= 15 is 0 Å². The molecule has 0 aromatic heterocycles. The lowest BCUT2D eigenvalue weighted by Gasteiger charge is -2.26. The maximum Gasteiger partial charge on any atom is 0.510 e. The Balaban J connectivity index is 2.25. The lowest BCUT2D eigenvalue weighted by atomic mass is 10.2. The molecule has 82 valence electrons. The fourth-order valence-corrected chi connectivity index (χ4v) is 1.11. The molecule has 1 heterocycles. The highest BCUT2D eigenvalue weighted by Crippen LogP contribution is 2.10. The van der Waals surface area contributed by atoms with Gasteiger partial charge in [0.1, 0.15) is 5.60 Å². The van der Waals surface area contributed by atoms with Crippen LogP contribution in [0.4, 0.5) is 4.79 Å². The van der Waals surface area contributed by atoms with Gasteiger partial charge in [-0.25, -0.2) is 10.2 Å². The molecule has 1 saturated heterocycles. The molecule has 0 aromatic rings. The summed E-state index contributed by atoms with van der Waals surface area (Å²) in [7, 11) is 0. The highest BCUT2D eigenvalue weighted by molar-refractivity contribution is 5.60. The van der Waals surface area contributed by atoms with Crippen LogP contribution in [-0.4, -0.2) is 24.5 Å². The van der Waals surface area contributed by atoms with E-state index in [0.717, 1.165) is 19.4 Å². The van der Waals surface area contributed by atoms with Crippen molar-refractivity contribution in [1.82, 2.24) is 10.9 Å². The van der Waals surface area contributed by atoms with Crippen LogP contribution in [0.3, 0.4) is 0 Å². The molecule has 1 fully saturated rings. The summed E-state index contributed by atoms with van der Waals surface area (Å²) in [5.41, 5.74) is 5.28. The first-order valence-electron chi connectivity index (χ1n) is 4.85. The molecule has 0 aliphatic carbocycles. The van der Waals surface area contributed by atoms with Gasteiger partial charge in [-0.15, -0.1) is 0 Å². The van der Waals surface area contributed by atoms with Gasteiger partial charge in [-0.1, -0.05) is 0 Å². The second-order valence-corrected chi connectivity index (χ2v) is 4.28. The SMILES string of the molecule is CC(C)(C)OC(=O)OC1CCCNN1. The largest absolute Gasteiger partial charge is 0.510 e. The standard InChI is InChI=1S/C9H18N2O3/c1-9(2,3)14-8(12)13-7-5-4-6-10-11-7/h7,10-11H,4-6H2,1-3H3. The Bertz CT molecular complexity index is 195. The molecule has 5 nitrogen and oxygen atoms in total. The van der Waals surface area contributed by atoms with E-state index in [2.05, 4.69) is 10.9 Å². The van der Waals surface area contributed by atoms with E-state index < -0.39 is 11.8 Å². The van der Waals surface area contributed by atoms with Gasteiger partial charge in [0, 0.05) is 13.0 Å². The molecule has 2 N–H and O–H groups in total. The van der Waals surface area contributed by atoms with Crippen LogP contribution in [0.2, 0.25) is 0 Å². The second kappa shape index (κ2) is 4.61. The third-order valence-electron chi connectivity index (χ3n) is 1.66. The van der Waals surface area contributed by atoms with Gasteiger partial charge in [0.05, 0.1) is 0 Å². The maximum atomic E-state index is 11.2. The Kier molecular flexibility index (Phi) is 3.71. The smallest absolute Gasteiger partial charge is 0.429 e. The molecule has 1 aliphatic heterocycles. The number of nitrogens with one attached hydrogen (secondary N) is 2. The zero-order valence-electron chi connectivity index (χ0n) is 8.92. The average molecular weight is 202 g/mol. The number of carbonyl (C=O) groups is 1. The van der Waals surface area contributed by atoms with Crippen molar-refractivity contribution in [2.75, 3.05) is 6.54 Å². The van der Waals surface area contributed by atoms with Crippen LogP contribution in [0, 0.1) is 0 Å². The second-order valence-electron chi connectivity index (χ2n) is 4.28. The van der Waals surface area contributed by atoms with Crippen LogP contribution >= 0.6 is 0 Å². The summed E-state index contributed by atoms with van der Waals surface area (Å²) < 4.78 is 10.0. The van der Waals surface area contributed by atoms with Gasteiger partial charge in [0.15, 0.2) is 6.23 Å². The van der Waals surface area contributed by atoms with Crippen LogP contribution < -0.4 is 10.9 Å².